The van der Waals surface area contributed by atoms with E-state index in [4.69, 9.17) is 17.3 Å². The molecule has 33 heavy (non-hydrogen) atoms. The van der Waals surface area contributed by atoms with Crippen molar-refractivity contribution in [2.75, 3.05) is 31.1 Å². The summed E-state index contributed by atoms with van der Waals surface area (Å²) in [5.41, 5.74) is 8.46. The number of anilines is 1. The molecule has 1 aromatic heterocycles. The van der Waals surface area contributed by atoms with Gasteiger partial charge < -0.3 is 16.0 Å². The van der Waals surface area contributed by atoms with E-state index in [2.05, 4.69) is 10.2 Å². The van der Waals surface area contributed by atoms with E-state index >= 15 is 0 Å². The Bertz CT molecular complexity index is 1220. The number of rotatable bonds is 7. The molecule has 3 N–H and O–H groups in total. The van der Waals surface area contributed by atoms with Crippen LogP contribution in [0.2, 0.25) is 5.02 Å². The third-order valence-electron chi connectivity index (χ3n) is 5.55. The Kier molecular flexibility index (Phi) is 7.35. The van der Waals surface area contributed by atoms with Crippen molar-refractivity contribution in [1.29, 1.82) is 0 Å². The maximum atomic E-state index is 13.2. The van der Waals surface area contributed by atoms with Crippen molar-refractivity contribution in [3.63, 3.8) is 0 Å². The van der Waals surface area contributed by atoms with Gasteiger partial charge in [-0.3, -0.25) is 4.79 Å². The highest BCUT2D eigenvalue weighted by Gasteiger charge is 2.30. The highest BCUT2D eigenvalue weighted by atomic mass is 35.5. The number of halogens is 1. The minimum atomic E-state index is -3.58. The molecular formula is C23H25ClN4O3S2. The fraction of sp³-hybridized carbons (Fsp3) is 0.261. The highest BCUT2D eigenvalue weighted by Crippen LogP contribution is 2.28. The van der Waals surface area contributed by atoms with E-state index in [9.17, 15) is 13.2 Å². The van der Waals surface area contributed by atoms with Crippen LogP contribution in [0.25, 0.3) is 0 Å². The molecule has 2 heterocycles. The molecule has 3 aromatic rings. The second-order valence-corrected chi connectivity index (χ2v) is 11.4. The second-order valence-electron chi connectivity index (χ2n) is 7.63. The largest absolute Gasteiger partial charge is 0.369 e. The van der Waals surface area contributed by atoms with Crippen molar-refractivity contribution < 1.29 is 13.2 Å². The number of hydrogen-bond donors (Lipinski definition) is 2. The maximum Gasteiger partial charge on any atom is 0.252 e. The molecule has 0 bridgehead atoms. The molecule has 0 unspecified atom stereocenters. The number of nitrogens with one attached hydrogen (secondary N) is 1. The summed E-state index contributed by atoms with van der Waals surface area (Å²) in [4.78, 5) is 15.2. The number of carbonyl (C=O) groups is 1. The first-order valence-corrected chi connectivity index (χ1v) is 13.2. The fourth-order valence-corrected chi connectivity index (χ4v) is 6.75. The molecule has 0 saturated carbocycles. The monoisotopic (exact) mass is 504 g/mol. The molecule has 1 aliphatic rings. The summed E-state index contributed by atoms with van der Waals surface area (Å²) in [5, 5.41) is 3.38. The van der Waals surface area contributed by atoms with Gasteiger partial charge in [0.25, 0.3) is 15.9 Å². The molecular weight excluding hydrogens is 480 g/mol. The van der Waals surface area contributed by atoms with Gasteiger partial charge in [0.15, 0.2) is 0 Å². The van der Waals surface area contributed by atoms with Gasteiger partial charge in [0.1, 0.15) is 4.21 Å². The Morgan fingerprint density at radius 1 is 1.00 bits per heavy atom. The summed E-state index contributed by atoms with van der Waals surface area (Å²) in [7, 11) is -3.58. The number of amides is 1. The van der Waals surface area contributed by atoms with Crippen molar-refractivity contribution in [3.05, 3.63) is 81.7 Å². The van der Waals surface area contributed by atoms with E-state index in [1.165, 1.54) is 15.6 Å². The van der Waals surface area contributed by atoms with Crippen molar-refractivity contribution in [2.24, 2.45) is 5.73 Å². The van der Waals surface area contributed by atoms with Crippen LogP contribution in [0.4, 0.5) is 5.69 Å². The summed E-state index contributed by atoms with van der Waals surface area (Å²) in [6.07, 6.45) is 0. The Labute approximate surface area is 202 Å². The zero-order valence-corrected chi connectivity index (χ0v) is 20.3. The average molecular weight is 505 g/mol. The third-order valence-corrected chi connectivity index (χ3v) is 9.25. The van der Waals surface area contributed by atoms with Gasteiger partial charge in [0.2, 0.25) is 0 Å². The molecule has 174 valence electrons. The van der Waals surface area contributed by atoms with E-state index < -0.39 is 10.0 Å². The van der Waals surface area contributed by atoms with Gasteiger partial charge in [0, 0.05) is 53.9 Å². The molecule has 0 spiro atoms. The molecule has 1 aliphatic heterocycles. The van der Waals surface area contributed by atoms with Gasteiger partial charge in [-0.05, 0) is 48.0 Å². The maximum absolute atomic E-state index is 13.2. The van der Waals surface area contributed by atoms with Crippen molar-refractivity contribution in [3.8, 4) is 0 Å². The molecule has 4 rings (SSSR count). The second kappa shape index (κ2) is 10.2. The summed E-state index contributed by atoms with van der Waals surface area (Å²) in [6, 6.07) is 17.9. The van der Waals surface area contributed by atoms with Crippen LogP contribution >= 0.6 is 22.9 Å². The lowest BCUT2D eigenvalue weighted by Gasteiger charge is -2.36. The third kappa shape index (κ3) is 5.39. The van der Waals surface area contributed by atoms with E-state index in [1.807, 2.05) is 24.3 Å². The molecule has 2 aromatic carbocycles. The highest BCUT2D eigenvalue weighted by molar-refractivity contribution is 7.91. The number of nitrogens with two attached hydrogens (primary N) is 1. The van der Waals surface area contributed by atoms with Crippen molar-refractivity contribution in [1.82, 2.24) is 9.62 Å². The first-order chi connectivity index (χ1) is 15.9. The fourth-order valence-electron chi connectivity index (χ4n) is 3.75. The number of nitrogens with zero attached hydrogens (tertiary/aromatic N) is 2. The number of para-hydroxylation sites is 1. The van der Waals surface area contributed by atoms with Gasteiger partial charge >= 0.3 is 0 Å². The van der Waals surface area contributed by atoms with E-state index in [0.717, 1.165) is 16.1 Å². The zero-order valence-electron chi connectivity index (χ0n) is 17.9. The molecule has 0 radical (unpaired) electrons. The quantitative estimate of drug-likeness (QED) is 0.514. The smallest absolute Gasteiger partial charge is 0.252 e. The Balaban J connectivity index is 1.36. The first kappa shape index (κ1) is 23.7. The molecule has 10 heteroatoms. The number of piperazine rings is 1. The van der Waals surface area contributed by atoms with Crippen LogP contribution in [0.5, 0.6) is 0 Å². The summed E-state index contributed by atoms with van der Waals surface area (Å²) in [5.74, 6) is -0.238. The molecule has 0 aliphatic carbocycles. The number of hydrogen-bond acceptors (Lipinski definition) is 6. The van der Waals surface area contributed by atoms with Crippen LogP contribution in [0.15, 0.2) is 64.9 Å². The number of sulfonamides is 1. The van der Waals surface area contributed by atoms with Crippen LogP contribution in [-0.2, 0) is 23.1 Å². The minimum Gasteiger partial charge on any atom is -0.369 e. The van der Waals surface area contributed by atoms with Gasteiger partial charge in [-0.1, -0.05) is 29.8 Å². The lowest BCUT2D eigenvalue weighted by Crippen LogP contribution is -2.48. The lowest BCUT2D eigenvalue weighted by molar-refractivity contribution is 0.0951. The number of benzene rings is 2. The lowest BCUT2D eigenvalue weighted by atomic mass is 10.1. The van der Waals surface area contributed by atoms with Crippen molar-refractivity contribution >= 4 is 44.6 Å². The van der Waals surface area contributed by atoms with Crippen molar-refractivity contribution in [2.45, 2.75) is 17.3 Å². The average Bonchev–Trinajstić information content (AvgIpc) is 3.33. The number of thiophene rings is 1. The molecule has 1 amide bonds. The van der Waals surface area contributed by atoms with Crippen LogP contribution in [0.1, 0.15) is 20.8 Å². The Morgan fingerprint density at radius 2 is 1.70 bits per heavy atom. The predicted molar refractivity (Wildman–Crippen MR) is 132 cm³/mol. The Hall–Kier alpha value is -2.43. The Morgan fingerprint density at radius 3 is 2.39 bits per heavy atom. The normalized spacial score (nSPS) is 14.9. The van der Waals surface area contributed by atoms with Gasteiger partial charge in [-0.15, -0.1) is 11.3 Å². The summed E-state index contributed by atoms with van der Waals surface area (Å²) in [6.45, 7) is 2.72. The van der Waals surface area contributed by atoms with Crippen LogP contribution < -0.4 is 16.0 Å². The summed E-state index contributed by atoms with van der Waals surface area (Å²) < 4.78 is 28.1. The van der Waals surface area contributed by atoms with Crippen LogP contribution in [0, 0.1) is 0 Å². The van der Waals surface area contributed by atoms with E-state index in [0.29, 0.717) is 43.3 Å². The topological polar surface area (TPSA) is 95.7 Å². The van der Waals surface area contributed by atoms with E-state index in [1.54, 1.807) is 36.4 Å². The van der Waals surface area contributed by atoms with E-state index in [-0.39, 0.29) is 16.7 Å². The molecule has 7 nitrogen and oxygen atoms in total. The zero-order chi connectivity index (χ0) is 23.4. The summed E-state index contributed by atoms with van der Waals surface area (Å²) >= 11 is 7.03. The van der Waals surface area contributed by atoms with Gasteiger partial charge in [-0.2, -0.15) is 4.31 Å². The predicted octanol–water partition coefficient (Wildman–Crippen LogP) is 3.30. The SMILES string of the molecule is NCc1ccccc1N1CCN(S(=O)(=O)c2ccc(CNC(=O)c3ccc(Cl)cc3)s2)CC1. The number of carbonyl (C=O) groups excluding carboxylic acids is 1. The standard InChI is InChI=1S/C23H25ClN4O3S2/c24-19-7-5-17(6-8-19)23(29)26-16-20-9-10-22(32-20)33(30,31)28-13-11-27(12-14-28)21-4-2-1-3-18(21)15-25/h1-10H,11-16,25H2,(H,26,29). The minimum absolute atomic E-state index is 0.238. The van der Waals surface area contributed by atoms with Gasteiger partial charge in [-0.25, -0.2) is 8.42 Å². The first-order valence-electron chi connectivity index (χ1n) is 10.5. The van der Waals surface area contributed by atoms with Gasteiger partial charge in [0.05, 0.1) is 6.54 Å². The molecule has 1 saturated heterocycles. The van der Waals surface area contributed by atoms with Crippen LogP contribution in [0.3, 0.4) is 0 Å². The van der Waals surface area contributed by atoms with Crippen LogP contribution in [-0.4, -0.2) is 44.8 Å². The molecule has 0 atom stereocenters. The molecule has 1 fully saturated rings.